The van der Waals surface area contributed by atoms with Crippen molar-refractivity contribution >= 4 is 29.1 Å². The monoisotopic (exact) mass is 493 g/mol. The molecule has 4 rings (SSSR count). The minimum Gasteiger partial charge on any atom is -0.497 e. The first-order chi connectivity index (χ1) is 16.7. The fourth-order valence-corrected chi connectivity index (χ4v) is 4.89. The van der Waals surface area contributed by atoms with Gasteiger partial charge in [0, 0.05) is 12.1 Å². The molecule has 1 aliphatic rings. The van der Waals surface area contributed by atoms with Crippen molar-refractivity contribution in [1.82, 2.24) is 4.57 Å². The van der Waals surface area contributed by atoms with Crippen LogP contribution in [0.5, 0.6) is 5.75 Å². The van der Waals surface area contributed by atoms with Gasteiger partial charge in [0.15, 0.2) is 4.80 Å². The van der Waals surface area contributed by atoms with Crippen LogP contribution in [0, 0.1) is 10.1 Å². The van der Waals surface area contributed by atoms with Crippen LogP contribution in [0.4, 0.5) is 5.69 Å². The van der Waals surface area contributed by atoms with Gasteiger partial charge in [0.25, 0.3) is 11.2 Å². The Morgan fingerprint density at radius 2 is 1.94 bits per heavy atom. The van der Waals surface area contributed by atoms with Crippen LogP contribution in [0.3, 0.4) is 0 Å². The first-order valence-electron chi connectivity index (χ1n) is 10.8. The van der Waals surface area contributed by atoms with Crippen molar-refractivity contribution in [3.8, 4) is 5.75 Å². The van der Waals surface area contributed by atoms with Crippen LogP contribution >= 0.6 is 11.3 Å². The van der Waals surface area contributed by atoms with E-state index in [1.165, 1.54) is 16.7 Å². The number of non-ortho nitro benzene ring substituents is 1. The van der Waals surface area contributed by atoms with Gasteiger partial charge in [0.05, 0.1) is 40.0 Å². The summed E-state index contributed by atoms with van der Waals surface area (Å²) in [6, 6.07) is 12.4. The number of hydrogen-bond donors (Lipinski definition) is 0. The minimum atomic E-state index is -0.754. The quantitative estimate of drug-likeness (QED) is 0.296. The van der Waals surface area contributed by atoms with Crippen molar-refractivity contribution < 1.29 is 19.2 Å². The molecule has 0 saturated carbocycles. The summed E-state index contributed by atoms with van der Waals surface area (Å²) in [4.78, 5) is 42.3. The van der Waals surface area contributed by atoms with Crippen LogP contribution < -0.4 is 19.6 Å². The molecule has 0 radical (unpaired) electrons. The van der Waals surface area contributed by atoms with E-state index in [1.807, 2.05) is 0 Å². The molecule has 0 fully saturated rings. The number of allylic oxidation sites excluding steroid dienone is 1. The highest BCUT2D eigenvalue weighted by atomic mass is 32.1. The lowest BCUT2D eigenvalue weighted by atomic mass is 9.96. The Bertz CT molecular complexity index is 1520. The summed E-state index contributed by atoms with van der Waals surface area (Å²) >= 11 is 1.16. The number of esters is 1. The van der Waals surface area contributed by atoms with Gasteiger partial charge in [-0.05, 0) is 50.1 Å². The number of rotatable bonds is 6. The summed E-state index contributed by atoms with van der Waals surface area (Å²) in [5, 5.41) is 11.1. The van der Waals surface area contributed by atoms with Crippen LogP contribution in [0.2, 0.25) is 0 Å². The highest BCUT2D eigenvalue weighted by Gasteiger charge is 2.33. The lowest BCUT2D eigenvalue weighted by Crippen LogP contribution is -2.40. The highest BCUT2D eigenvalue weighted by molar-refractivity contribution is 7.07. The summed E-state index contributed by atoms with van der Waals surface area (Å²) in [7, 11) is 1.56. The zero-order chi connectivity index (χ0) is 25.3. The smallest absolute Gasteiger partial charge is 0.338 e. The maximum atomic E-state index is 13.6. The molecule has 2 aromatic carbocycles. The van der Waals surface area contributed by atoms with Gasteiger partial charge in [-0.2, -0.15) is 0 Å². The number of aromatic nitrogens is 1. The van der Waals surface area contributed by atoms with Gasteiger partial charge in [-0.1, -0.05) is 35.6 Å². The molecule has 1 aromatic heterocycles. The van der Waals surface area contributed by atoms with E-state index in [9.17, 15) is 19.7 Å². The molecule has 3 aromatic rings. The molecule has 0 saturated heterocycles. The van der Waals surface area contributed by atoms with Crippen LogP contribution in [-0.4, -0.2) is 28.7 Å². The molecule has 2 heterocycles. The van der Waals surface area contributed by atoms with Crippen molar-refractivity contribution in [3.05, 3.63) is 101 Å². The SMILES string of the molecule is COc1ccc([C@H]2C(C(=O)OC(C)C)=C(C)N=c3s/c(=C\c4cccc([N+](=O)[O-])c4)c(=O)n32)cc1. The number of hydrogen-bond acceptors (Lipinski definition) is 8. The van der Waals surface area contributed by atoms with Crippen LogP contribution in [0.15, 0.2) is 69.6 Å². The van der Waals surface area contributed by atoms with E-state index in [1.54, 1.807) is 70.4 Å². The second-order valence-corrected chi connectivity index (χ2v) is 9.17. The minimum absolute atomic E-state index is 0.0720. The van der Waals surface area contributed by atoms with E-state index in [0.717, 1.165) is 11.3 Å². The van der Waals surface area contributed by atoms with Crippen LogP contribution in [0.25, 0.3) is 6.08 Å². The largest absolute Gasteiger partial charge is 0.497 e. The number of nitro benzene ring substituents is 1. The van der Waals surface area contributed by atoms with E-state index in [-0.39, 0.29) is 22.9 Å². The molecule has 1 aliphatic heterocycles. The summed E-state index contributed by atoms with van der Waals surface area (Å²) in [6.45, 7) is 5.22. The van der Waals surface area contributed by atoms with Crippen molar-refractivity contribution in [3.63, 3.8) is 0 Å². The number of ether oxygens (including phenoxy) is 2. The Labute approximate surface area is 204 Å². The zero-order valence-electron chi connectivity index (χ0n) is 19.6. The number of carbonyl (C=O) groups is 1. The van der Waals surface area contributed by atoms with Gasteiger partial charge in [0.1, 0.15) is 5.75 Å². The predicted molar refractivity (Wildman–Crippen MR) is 131 cm³/mol. The lowest BCUT2D eigenvalue weighted by molar-refractivity contribution is -0.384. The summed E-state index contributed by atoms with van der Waals surface area (Å²) in [5.74, 6) is 0.0915. The molecule has 0 amide bonds. The summed E-state index contributed by atoms with van der Waals surface area (Å²) in [5.41, 5.74) is 1.51. The van der Waals surface area contributed by atoms with Crippen LogP contribution in [0.1, 0.15) is 37.9 Å². The van der Waals surface area contributed by atoms with Crippen molar-refractivity contribution in [1.29, 1.82) is 0 Å². The lowest BCUT2D eigenvalue weighted by Gasteiger charge is -2.25. The van der Waals surface area contributed by atoms with Gasteiger partial charge in [-0.25, -0.2) is 9.79 Å². The van der Waals surface area contributed by atoms with E-state index in [4.69, 9.17) is 9.47 Å². The first kappa shape index (κ1) is 24.1. The normalized spacial score (nSPS) is 15.6. The first-order valence-corrected chi connectivity index (χ1v) is 11.6. The Kier molecular flexibility index (Phi) is 6.65. The standard InChI is InChI=1S/C25H23N3O6S/c1-14(2)34-24(30)21-15(3)26-25-27(22(21)17-8-10-19(33-4)11-9-17)23(29)20(35-25)13-16-6-5-7-18(12-16)28(31)32/h5-14,22H,1-4H3/b20-13-/t22-/m0/s1. The van der Waals surface area contributed by atoms with Crippen molar-refractivity contribution in [2.45, 2.75) is 32.9 Å². The number of carbonyl (C=O) groups excluding carboxylic acids is 1. The van der Waals surface area contributed by atoms with E-state index < -0.39 is 16.9 Å². The topological polar surface area (TPSA) is 113 Å². The molecule has 180 valence electrons. The van der Waals surface area contributed by atoms with Crippen molar-refractivity contribution in [2.24, 2.45) is 4.99 Å². The number of methoxy groups -OCH3 is 1. The molecule has 9 nitrogen and oxygen atoms in total. The molecular formula is C25H23N3O6S. The summed E-state index contributed by atoms with van der Waals surface area (Å²) < 4.78 is 12.6. The third kappa shape index (κ3) is 4.78. The highest BCUT2D eigenvalue weighted by Crippen LogP contribution is 2.31. The Balaban J connectivity index is 1.92. The molecule has 0 N–H and O–H groups in total. The molecule has 10 heteroatoms. The molecule has 1 atom stereocenters. The predicted octanol–water partition coefficient (Wildman–Crippen LogP) is 3.10. The third-order valence-electron chi connectivity index (χ3n) is 5.39. The van der Waals surface area contributed by atoms with Gasteiger partial charge in [0.2, 0.25) is 0 Å². The summed E-state index contributed by atoms with van der Waals surface area (Å²) in [6.07, 6.45) is 1.24. The maximum absolute atomic E-state index is 13.6. The van der Waals surface area contributed by atoms with Gasteiger partial charge in [-0.3, -0.25) is 19.5 Å². The molecule has 0 unspecified atom stereocenters. The Hall–Kier alpha value is -4.05. The average molecular weight is 494 g/mol. The van der Waals surface area contributed by atoms with Gasteiger partial charge < -0.3 is 9.47 Å². The number of fused-ring (bicyclic) bond motifs is 1. The second-order valence-electron chi connectivity index (χ2n) is 8.16. The van der Waals surface area contributed by atoms with Gasteiger partial charge in [-0.15, -0.1) is 0 Å². The molecule has 0 aliphatic carbocycles. The van der Waals surface area contributed by atoms with Crippen LogP contribution in [-0.2, 0) is 9.53 Å². The number of nitro groups is 1. The maximum Gasteiger partial charge on any atom is 0.338 e. The van der Waals surface area contributed by atoms with E-state index >= 15 is 0 Å². The molecule has 0 bridgehead atoms. The van der Waals surface area contributed by atoms with Gasteiger partial charge >= 0.3 is 5.97 Å². The van der Waals surface area contributed by atoms with E-state index in [2.05, 4.69) is 4.99 Å². The molecule has 0 spiro atoms. The number of nitrogens with zero attached hydrogens (tertiary/aromatic N) is 3. The van der Waals surface area contributed by atoms with Crippen molar-refractivity contribution in [2.75, 3.05) is 7.11 Å². The second kappa shape index (κ2) is 9.67. The fourth-order valence-electron chi connectivity index (χ4n) is 3.84. The third-order valence-corrected chi connectivity index (χ3v) is 6.38. The fraction of sp³-hybridized carbons (Fsp3) is 0.240. The number of benzene rings is 2. The molecular weight excluding hydrogens is 470 g/mol. The Morgan fingerprint density at radius 3 is 2.57 bits per heavy atom. The zero-order valence-corrected chi connectivity index (χ0v) is 20.4. The number of thiazole rings is 1. The molecule has 35 heavy (non-hydrogen) atoms. The average Bonchev–Trinajstić information content (AvgIpc) is 3.12. The Morgan fingerprint density at radius 1 is 1.23 bits per heavy atom. The van der Waals surface area contributed by atoms with E-state index in [0.29, 0.717) is 31.9 Å².